The zero-order valence-electron chi connectivity index (χ0n) is 8.90. The third-order valence-electron chi connectivity index (χ3n) is 2.19. The molecule has 0 aliphatic carbocycles. The van der Waals surface area contributed by atoms with E-state index in [0.29, 0.717) is 17.1 Å². The molecule has 3 nitrogen and oxygen atoms in total. The van der Waals surface area contributed by atoms with Crippen molar-refractivity contribution in [3.05, 3.63) is 37.1 Å². The van der Waals surface area contributed by atoms with Crippen LogP contribution in [0.15, 0.2) is 27.4 Å². The van der Waals surface area contributed by atoms with Crippen molar-refractivity contribution in [2.75, 3.05) is 12.3 Å². The summed E-state index contributed by atoms with van der Waals surface area (Å²) < 4.78 is 1.11. The van der Waals surface area contributed by atoms with Crippen LogP contribution in [0.1, 0.15) is 14.5 Å². The summed E-state index contributed by atoms with van der Waals surface area (Å²) >= 11 is 6.46. The molecule has 0 aromatic carbocycles. The van der Waals surface area contributed by atoms with Gasteiger partial charge in [-0.25, -0.2) is 0 Å². The van der Waals surface area contributed by atoms with Crippen LogP contribution in [-0.4, -0.2) is 12.5 Å². The lowest BCUT2D eigenvalue weighted by atomic mass is 10.3. The summed E-state index contributed by atoms with van der Waals surface area (Å²) in [5.41, 5.74) is 6.22. The Morgan fingerprint density at radius 3 is 2.82 bits per heavy atom. The normalized spacial score (nSPS) is 10.4. The maximum absolute atomic E-state index is 11.7. The molecule has 3 N–H and O–H groups in total. The fraction of sp³-hybridized carbons (Fsp3) is 0.182. The lowest BCUT2D eigenvalue weighted by Gasteiger charge is -2.02. The Balaban J connectivity index is 1.83. The van der Waals surface area contributed by atoms with Gasteiger partial charge in [0, 0.05) is 11.4 Å². The molecule has 0 unspecified atom stereocenters. The largest absolute Gasteiger partial charge is 0.397 e. The summed E-state index contributed by atoms with van der Waals surface area (Å²) in [4.78, 5) is 13.6. The van der Waals surface area contributed by atoms with Crippen molar-refractivity contribution < 1.29 is 4.79 Å². The minimum Gasteiger partial charge on any atom is -0.397 e. The Bertz CT molecular complexity index is 521. The number of anilines is 1. The smallest absolute Gasteiger partial charge is 0.263 e. The summed E-state index contributed by atoms with van der Waals surface area (Å²) in [7, 11) is 0. The number of thiophene rings is 2. The monoisotopic (exact) mass is 330 g/mol. The molecule has 1 amide bonds. The van der Waals surface area contributed by atoms with Crippen molar-refractivity contribution in [2.24, 2.45) is 0 Å². The van der Waals surface area contributed by atoms with Gasteiger partial charge < -0.3 is 11.1 Å². The number of rotatable bonds is 4. The molecule has 0 spiro atoms. The first-order valence-corrected chi connectivity index (χ1v) is 7.51. The highest BCUT2D eigenvalue weighted by Gasteiger charge is 2.10. The Morgan fingerprint density at radius 2 is 2.24 bits per heavy atom. The molecule has 0 radical (unpaired) electrons. The van der Waals surface area contributed by atoms with Gasteiger partial charge >= 0.3 is 0 Å². The summed E-state index contributed by atoms with van der Waals surface area (Å²) in [5, 5.41) is 4.69. The molecule has 2 heterocycles. The fourth-order valence-corrected chi connectivity index (χ4v) is 3.59. The van der Waals surface area contributed by atoms with Crippen molar-refractivity contribution in [2.45, 2.75) is 6.42 Å². The van der Waals surface area contributed by atoms with Gasteiger partial charge in [0.1, 0.15) is 4.88 Å². The van der Waals surface area contributed by atoms with Crippen LogP contribution in [0.5, 0.6) is 0 Å². The summed E-state index contributed by atoms with van der Waals surface area (Å²) in [5.74, 6) is -0.0897. The SMILES string of the molecule is Nc1ccsc1C(=O)NCCc1ccc(Br)s1. The minimum atomic E-state index is -0.0897. The molecule has 0 aliphatic rings. The molecular weight excluding hydrogens is 320 g/mol. The van der Waals surface area contributed by atoms with Gasteiger partial charge in [-0.05, 0) is 45.9 Å². The minimum absolute atomic E-state index is 0.0897. The average molecular weight is 331 g/mol. The molecule has 0 saturated carbocycles. The Morgan fingerprint density at radius 1 is 1.41 bits per heavy atom. The standard InChI is InChI=1S/C11H11BrN2OS2/c12-9-2-1-7(17-9)3-5-14-11(15)10-8(13)4-6-16-10/h1-2,4,6H,3,5,13H2,(H,14,15). The lowest BCUT2D eigenvalue weighted by Crippen LogP contribution is -2.25. The van der Waals surface area contributed by atoms with Crippen molar-refractivity contribution in [3.63, 3.8) is 0 Å². The van der Waals surface area contributed by atoms with Crippen LogP contribution in [0.25, 0.3) is 0 Å². The van der Waals surface area contributed by atoms with E-state index in [1.807, 2.05) is 11.4 Å². The molecule has 0 atom stereocenters. The molecule has 0 saturated heterocycles. The van der Waals surface area contributed by atoms with E-state index in [2.05, 4.69) is 27.3 Å². The van der Waals surface area contributed by atoms with Crippen LogP contribution in [0.3, 0.4) is 0 Å². The van der Waals surface area contributed by atoms with Gasteiger partial charge in [-0.1, -0.05) is 0 Å². The second kappa shape index (κ2) is 5.66. The van der Waals surface area contributed by atoms with Crippen LogP contribution in [0.2, 0.25) is 0 Å². The average Bonchev–Trinajstić information content (AvgIpc) is 2.87. The molecule has 2 aromatic rings. The molecule has 2 aromatic heterocycles. The van der Waals surface area contributed by atoms with Crippen LogP contribution < -0.4 is 11.1 Å². The summed E-state index contributed by atoms with van der Waals surface area (Å²) in [6.07, 6.45) is 0.841. The van der Waals surface area contributed by atoms with E-state index in [1.165, 1.54) is 16.2 Å². The number of hydrogen-bond acceptors (Lipinski definition) is 4. The first kappa shape index (κ1) is 12.6. The zero-order valence-corrected chi connectivity index (χ0v) is 12.1. The van der Waals surface area contributed by atoms with E-state index in [1.54, 1.807) is 17.4 Å². The van der Waals surface area contributed by atoms with E-state index in [4.69, 9.17) is 5.73 Å². The molecule has 2 rings (SSSR count). The maximum atomic E-state index is 11.7. The quantitative estimate of drug-likeness (QED) is 0.904. The molecule has 0 fully saturated rings. The molecule has 90 valence electrons. The van der Waals surface area contributed by atoms with Crippen LogP contribution >= 0.6 is 38.6 Å². The molecule has 0 aliphatic heterocycles. The Kier molecular flexibility index (Phi) is 4.20. The van der Waals surface area contributed by atoms with Crippen LogP contribution in [0.4, 0.5) is 5.69 Å². The van der Waals surface area contributed by atoms with Gasteiger partial charge in [-0.3, -0.25) is 4.79 Å². The highest BCUT2D eigenvalue weighted by Crippen LogP contribution is 2.22. The summed E-state index contributed by atoms with van der Waals surface area (Å²) in [6, 6.07) is 5.81. The lowest BCUT2D eigenvalue weighted by molar-refractivity contribution is 0.0959. The maximum Gasteiger partial charge on any atom is 0.263 e. The van der Waals surface area contributed by atoms with Gasteiger partial charge in [-0.15, -0.1) is 22.7 Å². The molecule has 6 heteroatoms. The van der Waals surface area contributed by atoms with Gasteiger partial charge in [0.05, 0.1) is 9.47 Å². The molecular formula is C11H11BrN2OS2. The summed E-state index contributed by atoms with van der Waals surface area (Å²) in [6.45, 7) is 0.628. The molecule has 17 heavy (non-hydrogen) atoms. The van der Waals surface area contributed by atoms with E-state index in [-0.39, 0.29) is 5.91 Å². The first-order chi connectivity index (χ1) is 8.16. The predicted molar refractivity (Wildman–Crippen MR) is 76.8 cm³/mol. The van der Waals surface area contributed by atoms with E-state index in [0.717, 1.165) is 10.2 Å². The van der Waals surface area contributed by atoms with Gasteiger partial charge in [0.15, 0.2) is 0 Å². The Labute approximate surface area is 116 Å². The van der Waals surface area contributed by atoms with Gasteiger partial charge in [-0.2, -0.15) is 0 Å². The van der Waals surface area contributed by atoms with Crippen LogP contribution in [0, 0.1) is 0 Å². The third kappa shape index (κ3) is 3.31. The van der Waals surface area contributed by atoms with Crippen molar-refractivity contribution in [3.8, 4) is 0 Å². The number of hydrogen-bond donors (Lipinski definition) is 2. The van der Waals surface area contributed by atoms with Crippen molar-refractivity contribution >= 4 is 50.2 Å². The van der Waals surface area contributed by atoms with E-state index >= 15 is 0 Å². The highest BCUT2D eigenvalue weighted by molar-refractivity contribution is 9.11. The second-order valence-electron chi connectivity index (χ2n) is 3.42. The second-order valence-corrected chi connectivity index (χ2v) is 6.88. The number of nitrogen functional groups attached to an aromatic ring is 1. The first-order valence-electron chi connectivity index (χ1n) is 5.02. The number of amides is 1. The third-order valence-corrected chi connectivity index (χ3v) is 4.80. The van der Waals surface area contributed by atoms with Crippen LogP contribution in [-0.2, 0) is 6.42 Å². The van der Waals surface area contributed by atoms with E-state index < -0.39 is 0 Å². The zero-order chi connectivity index (χ0) is 12.3. The number of nitrogens with two attached hydrogens (primary N) is 1. The number of nitrogens with one attached hydrogen (secondary N) is 1. The topological polar surface area (TPSA) is 55.1 Å². The molecule has 0 bridgehead atoms. The highest BCUT2D eigenvalue weighted by atomic mass is 79.9. The fourth-order valence-electron chi connectivity index (χ4n) is 1.37. The number of carbonyl (C=O) groups is 1. The van der Waals surface area contributed by atoms with Crippen molar-refractivity contribution in [1.29, 1.82) is 0 Å². The van der Waals surface area contributed by atoms with Gasteiger partial charge in [0.2, 0.25) is 0 Å². The number of halogens is 1. The Hall–Kier alpha value is -0.850. The van der Waals surface area contributed by atoms with E-state index in [9.17, 15) is 4.79 Å². The van der Waals surface area contributed by atoms with Crippen molar-refractivity contribution in [1.82, 2.24) is 5.32 Å². The predicted octanol–water partition coefficient (Wildman–Crippen LogP) is 3.13. The van der Waals surface area contributed by atoms with Gasteiger partial charge in [0.25, 0.3) is 5.91 Å². The number of carbonyl (C=O) groups excluding carboxylic acids is 1.